The van der Waals surface area contributed by atoms with Crippen molar-refractivity contribution in [3.05, 3.63) is 42.1 Å². The number of carboxylic acids is 1. The Morgan fingerprint density at radius 2 is 2.29 bits per heavy atom. The van der Waals surface area contributed by atoms with Crippen LogP contribution in [0.1, 0.15) is 16.1 Å². The van der Waals surface area contributed by atoms with E-state index in [0.29, 0.717) is 0 Å². The molecule has 0 amide bonds. The summed E-state index contributed by atoms with van der Waals surface area (Å²) in [5, 5.41) is 9.68. The summed E-state index contributed by atoms with van der Waals surface area (Å²) in [6, 6.07) is 7.24. The van der Waals surface area contributed by atoms with Crippen LogP contribution in [0.25, 0.3) is 17.0 Å². The van der Waals surface area contributed by atoms with E-state index >= 15 is 0 Å². The van der Waals surface area contributed by atoms with E-state index in [2.05, 4.69) is 11.6 Å². The highest BCUT2D eigenvalue weighted by molar-refractivity contribution is 5.96. The summed E-state index contributed by atoms with van der Waals surface area (Å²) in [7, 11) is 0. The van der Waals surface area contributed by atoms with Gasteiger partial charge >= 0.3 is 5.97 Å². The van der Waals surface area contributed by atoms with E-state index < -0.39 is 5.97 Å². The molecule has 0 saturated heterocycles. The van der Waals surface area contributed by atoms with Crippen LogP contribution in [0.2, 0.25) is 0 Å². The van der Waals surface area contributed by atoms with E-state index in [1.807, 2.05) is 18.2 Å². The second kappa shape index (κ2) is 3.03. The molecule has 0 saturated carbocycles. The smallest absolute Gasteiger partial charge is 0.352 e. The Morgan fingerprint density at radius 3 is 2.93 bits per heavy atom. The number of hydrogen-bond acceptors (Lipinski definition) is 1. The fourth-order valence-corrected chi connectivity index (χ4v) is 1.46. The fourth-order valence-electron chi connectivity index (χ4n) is 1.46. The van der Waals surface area contributed by atoms with Gasteiger partial charge in [0.25, 0.3) is 0 Å². The molecule has 0 unspecified atom stereocenters. The molecule has 0 bridgehead atoms. The first-order chi connectivity index (χ1) is 6.72. The number of para-hydroxylation sites is 1. The highest BCUT2D eigenvalue weighted by Crippen LogP contribution is 2.20. The molecule has 2 rings (SSSR count). The van der Waals surface area contributed by atoms with Crippen LogP contribution in [0.4, 0.5) is 0 Å². The molecule has 0 radical (unpaired) electrons. The normalized spacial score (nSPS) is 10.3. The Balaban J connectivity index is 2.76. The molecule has 0 fully saturated rings. The standard InChI is InChI=1S/C11H9NO2/c1-2-7-4-3-5-8-6-9(11(13)14)12-10(7)8/h2-6,12H,1H2,(H,13,14). The summed E-state index contributed by atoms with van der Waals surface area (Å²) < 4.78 is 0. The van der Waals surface area contributed by atoms with Crippen LogP contribution < -0.4 is 0 Å². The molecule has 2 N–H and O–H groups in total. The first-order valence-electron chi connectivity index (χ1n) is 4.20. The monoisotopic (exact) mass is 187 g/mol. The Morgan fingerprint density at radius 1 is 1.50 bits per heavy atom. The zero-order chi connectivity index (χ0) is 10.1. The van der Waals surface area contributed by atoms with E-state index in [4.69, 9.17) is 5.11 Å². The van der Waals surface area contributed by atoms with Crippen molar-refractivity contribution >= 4 is 22.9 Å². The Kier molecular flexibility index (Phi) is 1.85. The molecule has 1 heterocycles. The summed E-state index contributed by atoms with van der Waals surface area (Å²) in [5.74, 6) is -0.948. The number of nitrogens with one attached hydrogen (secondary N) is 1. The first-order valence-corrected chi connectivity index (χ1v) is 4.20. The Bertz CT molecular complexity index is 511. The van der Waals surface area contributed by atoms with Crippen molar-refractivity contribution < 1.29 is 9.90 Å². The van der Waals surface area contributed by atoms with Gasteiger partial charge in [-0.15, -0.1) is 0 Å². The molecule has 0 atom stereocenters. The first kappa shape index (κ1) is 8.56. The lowest BCUT2D eigenvalue weighted by molar-refractivity contribution is 0.0691. The van der Waals surface area contributed by atoms with Gasteiger partial charge in [-0.25, -0.2) is 4.79 Å². The third-order valence-corrected chi connectivity index (χ3v) is 2.14. The van der Waals surface area contributed by atoms with Crippen LogP contribution >= 0.6 is 0 Å². The van der Waals surface area contributed by atoms with Gasteiger partial charge in [0, 0.05) is 5.39 Å². The molecule has 0 aliphatic rings. The largest absolute Gasteiger partial charge is 0.477 e. The summed E-state index contributed by atoms with van der Waals surface area (Å²) in [5.41, 5.74) is 1.93. The number of H-pyrrole nitrogens is 1. The number of carboxylic acid groups (broad SMARTS) is 1. The van der Waals surface area contributed by atoms with Gasteiger partial charge in [0.2, 0.25) is 0 Å². The van der Waals surface area contributed by atoms with Gasteiger partial charge in [-0.05, 0) is 11.6 Å². The summed E-state index contributed by atoms with van der Waals surface area (Å²) in [6.45, 7) is 3.67. The summed E-state index contributed by atoms with van der Waals surface area (Å²) in [4.78, 5) is 13.6. The third kappa shape index (κ3) is 1.19. The third-order valence-electron chi connectivity index (χ3n) is 2.14. The number of aromatic amines is 1. The van der Waals surface area contributed by atoms with Gasteiger partial charge in [0.1, 0.15) is 5.69 Å². The van der Waals surface area contributed by atoms with Crippen LogP contribution in [0.15, 0.2) is 30.8 Å². The van der Waals surface area contributed by atoms with Gasteiger partial charge in [-0.3, -0.25) is 0 Å². The SMILES string of the molecule is C=Cc1cccc2cc(C(=O)O)[nH]c12. The maximum absolute atomic E-state index is 10.7. The summed E-state index contributed by atoms with van der Waals surface area (Å²) >= 11 is 0. The van der Waals surface area contributed by atoms with Crippen molar-refractivity contribution in [1.29, 1.82) is 0 Å². The Labute approximate surface area is 80.7 Å². The molecule has 0 aliphatic heterocycles. The van der Waals surface area contributed by atoms with Gasteiger partial charge in [0.15, 0.2) is 0 Å². The van der Waals surface area contributed by atoms with Crippen molar-refractivity contribution in [3.63, 3.8) is 0 Å². The minimum atomic E-state index is -0.948. The average molecular weight is 187 g/mol. The lowest BCUT2D eigenvalue weighted by atomic mass is 10.1. The van der Waals surface area contributed by atoms with Gasteiger partial charge in [-0.2, -0.15) is 0 Å². The zero-order valence-electron chi connectivity index (χ0n) is 7.45. The molecule has 70 valence electrons. The van der Waals surface area contributed by atoms with Gasteiger partial charge in [-0.1, -0.05) is 30.9 Å². The molecular weight excluding hydrogens is 178 g/mol. The minimum Gasteiger partial charge on any atom is -0.477 e. The van der Waals surface area contributed by atoms with E-state index in [1.54, 1.807) is 12.1 Å². The Hall–Kier alpha value is -2.03. The van der Waals surface area contributed by atoms with E-state index in [1.165, 1.54) is 0 Å². The second-order valence-corrected chi connectivity index (χ2v) is 3.00. The van der Waals surface area contributed by atoms with Crippen molar-refractivity contribution in [1.82, 2.24) is 4.98 Å². The topological polar surface area (TPSA) is 53.1 Å². The summed E-state index contributed by atoms with van der Waals surface area (Å²) in [6.07, 6.45) is 1.70. The number of fused-ring (bicyclic) bond motifs is 1. The van der Waals surface area contributed by atoms with Crippen molar-refractivity contribution in [3.8, 4) is 0 Å². The van der Waals surface area contributed by atoms with E-state index in [9.17, 15) is 4.79 Å². The number of aromatic nitrogens is 1. The lowest BCUT2D eigenvalue weighted by Crippen LogP contribution is -1.94. The molecule has 14 heavy (non-hydrogen) atoms. The second-order valence-electron chi connectivity index (χ2n) is 3.00. The number of aromatic carboxylic acids is 1. The van der Waals surface area contributed by atoms with Crippen LogP contribution in [-0.2, 0) is 0 Å². The van der Waals surface area contributed by atoms with Crippen molar-refractivity contribution in [2.75, 3.05) is 0 Å². The van der Waals surface area contributed by atoms with Crippen LogP contribution in [0.5, 0.6) is 0 Å². The van der Waals surface area contributed by atoms with Crippen molar-refractivity contribution in [2.24, 2.45) is 0 Å². The maximum Gasteiger partial charge on any atom is 0.352 e. The number of carbonyl (C=O) groups is 1. The minimum absolute atomic E-state index is 0.203. The number of benzene rings is 1. The van der Waals surface area contributed by atoms with Crippen LogP contribution in [0.3, 0.4) is 0 Å². The van der Waals surface area contributed by atoms with E-state index in [0.717, 1.165) is 16.5 Å². The fraction of sp³-hybridized carbons (Fsp3) is 0. The molecular formula is C11H9NO2. The van der Waals surface area contributed by atoms with Gasteiger partial charge < -0.3 is 10.1 Å². The zero-order valence-corrected chi connectivity index (χ0v) is 7.45. The molecule has 1 aromatic carbocycles. The number of hydrogen-bond donors (Lipinski definition) is 2. The highest BCUT2D eigenvalue weighted by Gasteiger charge is 2.08. The number of rotatable bonds is 2. The highest BCUT2D eigenvalue weighted by atomic mass is 16.4. The van der Waals surface area contributed by atoms with Crippen LogP contribution in [0, 0.1) is 0 Å². The van der Waals surface area contributed by atoms with Gasteiger partial charge in [0.05, 0.1) is 5.52 Å². The molecule has 2 aromatic rings. The molecule has 3 nitrogen and oxygen atoms in total. The molecule has 0 spiro atoms. The molecule has 0 aliphatic carbocycles. The van der Waals surface area contributed by atoms with Crippen LogP contribution in [-0.4, -0.2) is 16.1 Å². The van der Waals surface area contributed by atoms with E-state index in [-0.39, 0.29) is 5.69 Å². The molecule has 3 heteroatoms. The lowest BCUT2D eigenvalue weighted by Gasteiger charge is -1.94. The predicted octanol–water partition coefficient (Wildman–Crippen LogP) is 2.51. The average Bonchev–Trinajstić information content (AvgIpc) is 2.60. The quantitative estimate of drug-likeness (QED) is 0.758. The van der Waals surface area contributed by atoms with Crippen molar-refractivity contribution in [2.45, 2.75) is 0 Å². The predicted molar refractivity (Wildman–Crippen MR) is 55.3 cm³/mol. The maximum atomic E-state index is 10.7. The molecule has 1 aromatic heterocycles.